The van der Waals surface area contributed by atoms with Crippen LogP contribution in [0.2, 0.25) is 0 Å². The Balaban J connectivity index is 1.68. The Bertz CT molecular complexity index is 837. The zero-order chi connectivity index (χ0) is 19.9. The molecule has 28 heavy (non-hydrogen) atoms. The van der Waals surface area contributed by atoms with Crippen molar-refractivity contribution in [1.29, 1.82) is 0 Å². The third kappa shape index (κ3) is 4.32. The molecule has 0 radical (unpaired) electrons. The van der Waals surface area contributed by atoms with Gasteiger partial charge < -0.3 is 24.6 Å². The number of aliphatic hydroxyl groups is 1. The molecule has 0 aliphatic carbocycles. The second-order valence-corrected chi connectivity index (χ2v) is 6.49. The van der Waals surface area contributed by atoms with Crippen molar-refractivity contribution in [2.24, 2.45) is 0 Å². The van der Waals surface area contributed by atoms with Crippen molar-refractivity contribution in [2.45, 2.75) is 19.1 Å². The number of nitrogens with zero attached hydrogens (tertiary/aromatic N) is 1. The van der Waals surface area contributed by atoms with E-state index in [0.717, 1.165) is 0 Å². The number of carbonyl (C=O) groups is 2. The highest BCUT2D eigenvalue weighted by molar-refractivity contribution is 5.96. The molecule has 1 heterocycles. The van der Waals surface area contributed by atoms with Gasteiger partial charge in [-0.3, -0.25) is 9.59 Å². The van der Waals surface area contributed by atoms with E-state index in [9.17, 15) is 19.8 Å². The monoisotopic (exact) mass is 385 g/mol. The van der Waals surface area contributed by atoms with Crippen molar-refractivity contribution in [3.63, 3.8) is 0 Å². The standard InChI is InChI=1S/C21H23NO6/c23-12-15-4-1-2-5-17(15)21(26)22-9-11-27-14-16(22)8-10-28-20-7-3-6-19(25)18(20)13-24/h1-7,13,16,23,25H,8-12,14H2/t16-/m1/s1. The lowest BCUT2D eigenvalue weighted by atomic mass is 10.0. The minimum atomic E-state index is -0.202. The quantitative estimate of drug-likeness (QED) is 0.708. The highest BCUT2D eigenvalue weighted by Crippen LogP contribution is 2.26. The maximum absolute atomic E-state index is 13.0. The molecular weight excluding hydrogens is 362 g/mol. The van der Waals surface area contributed by atoms with Gasteiger partial charge in [-0.25, -0.2) is 0 Å². The third-order valence-electron chi connectivity index (χ3n) is 4.78. The number of morpholine rings is 1. The van der Waals surface area contributed by atoms with E-state index in [1.54, 1.807) is 41.3 Å². The summed E-state index contributed by atoms with van der Waals surface area (Å²) in [6, 6.07) is 11.4. The topological polar surface area (TPSA) is 96.3 Å². The van der Waals surface area contributed by atoms with Crippen LogP contribution >= 0.6 is 0 Å². The third-order valence-corrected chi connectivity index (χ3v) is 4.78. The second-order valence-electron chi connectivity index (χ2n) is 6.49. The number of aliphatic hydroxyl groups excluding tert-OH is 1. The lowest BCUT2D eigenvalue weighted by Gasteiger charge is -2.36. The van der Waals surface area contributed by atoms with Crippen LogP contribution in [0.3, 0.4) is 0 Å². The number of aldehydes is 1. The van der Waals surface area contributed by atoms with Crippen LogP contribution in [0.4, 0.5) is 0 Å². The summed E-state index contributed by atoms with van der Waals surface area (Å²) in [4.78, 5) is 25.9. The summed E-state index contributed by atoms with van der Waals surface area (Å²) in [7, 11) is 0. The number of hydrogen-bond acceptors (Lipinski definition) is 6. The van der Waals surface area contributed by atoms with E-state index < -0.39 is 0 Å². The van der Waals surface area contributed by atoms with Crippen LogP contribution in [-0.2, 0) is 11.3 Å². The van der Waals surface area contributed by atoms with Gasteiger partial charge in [0.25, 0.3) is 5.91 Å². The number of amides is 1. The summed E-state index contributed by atoms with van der Waals surface area (Å²) in [6.45, 7) is 1.34. The molecule has 0 aromatic heterocycles. The molecule has 148 valence electrons. The van der Waals surface area contributed by atoms with Crippen molar-refractivity contribution in [3.8, 4) is 11.5 Å². The minimum Gasteiger partial charge on any atom is -0.507 e. The Morgan fingerprint density at radius 2 is 2.07 bits per heavy atom. The summed E-state index contributed by atoms with van der Waals surface area (Å²) in [5, 5.41) is 19.2. The predicted molar refractivity (Wildman–Crippen MR) is 102 cm³/mol. The van der Waals surface area contributed by atoms with Crippen LogP contribution < -0.4 is 4.74 Å². The Morgan fingerprint density at radius 3 is 2.86 bits per heavy atom. The first-order chi connectivity index (χ1) is 13.7. The van der Waals surface area contributed by atoms with Gasteiger partial charge in [0.1, 0.15) is 11.5 Å². The fraction of sp³-hybridized carbons (Fsp3) is 0.333. The molecule has 0 saturated carbocycles. The van der Waals surface area contributed by atoms with E-state index >= 15 is 0 Å². The van der Waals surface area contributed by atoms with Gasteiger partial charge in [0.15, 0.2) is 6.29 Å². The summed E-state index contributed by atoms with van der Waals surface area (Å²) in [6.07, 6.45) is 1.05. The van der Waals surface area contributed by atoms with Gasteiger partial charge in [-0.05, 0) is 23.8 Å². The average molecular weight is 385 g/mol. The maximum Gasteiger partial charge on any atom is 0.254 e. The predicted octanol–water partition coefficient (Wildman–Crippen LogP) is 2.01. The normalized spacial score (nSPS) is 16.6. The zero-order valence-corrected chi connectivity index (χ0v) is 15.4. The van der Waals surface area contributed by atoms with Gasteiger partial charge in [0.2, 0.25) is 0 Å². The van der Waals surface area contributed by atoms with Gasteiger partial charge in [0, 0.05) is 18.5 Å². The molecule has 3 rings (SSSR count). The Kier molecular flexibility index (Phi) is 6.62. The molecule has 1 aliphatic rings. The van der Waals surface area contributed by atoms with E-state index in [1.165, 1.54) is 6.07 Å². The van der Waals surface area contributed by atoms with Crippen LogP contribution in [0.1, 0.15) is 32.7 Å². The number of benzene rings is 2. The first-order valence-electron chi connectivity index (χ1n) is 9.13. The van der Waals surface area contributed by atoms with Crippen LogP contribution in [0.25, 0.3) is 0 Å². The zero-order valence-electron chi connectivity index (χ0n) is 15.4. The molecule has 1 aliphatic heterocycles. The molecule has 2 N–H and O–H groups in total. The molecule has 7 heteroatoms. The van der Waals surface area contributed by atoms with Gasteiger partial charge in [-0.15, -0.1) is 0 Å². The molecule has 0 spiro atoms. The first-order valence-corrected chi connectivity index (χ1v) is 9.13. The SMILES string of the molecule is O=Cc1c(O)cccc1OCC[C@@H]1COCCN1C(=O)c1ccccc1CO. The lowest BCUT2D eigenvalue weighted by Crippen LogP contribution is -2.49. The van der Waals surface area contributed by atoms with Crippen LogP contribution in [0.15, 0.2) is 42.5 Å². The number of carbonyl (C=O) groups excluding carboxylic acids is 2. The second kappa shape index (κ2) is 9.34. The molecule has 1 saturated heterocycles. The van der Waals surface area contributed by atoms with Crippen molar-refractivity contribution >= 4 is 12.2 Å². The number of ether oxygens (including phenoxy) is 2. The van der Waals surface area contributed by atoms with E-state index in [1.807, 2.05) is 0 Å². The molecule has 0 unspecified atom stereocenters. The molecule has 0 bridgehead atoms. The largest absolute Gasteiger partial charge is 0.507 e. The van der Waals surface area contributed by atoms with Gasteiger partial charge >= 0.3 is 0 Å². The number of aromatic hydroxyl groups is 1. The van der Waals surface area contributed by atoms with Crippen LogP contribution in [0, 0.1) is 0 Å². The van der Waals surface area contributed by atoms with E-state index in [-0.39, 0.29) is 36.5 Å². The number of rotatable bonds is 7. The number of phenols is 1. The Hall–Kier alpha value is -2.90. The minimum absolute atomic E-state index is 0.104. The smallest absolute Gasteiger partial charge is 0.254 e. The van der Waals surface area contributed by atoms with Gasteiger partial charge in [-0.1, -0.05) is 24.3 Å². The summed E-state index contributed by atoms with van der Waals surface area (Å²) in [5.74, 6) is 0.0185. The fourth-order valence-corrected chi connectivity index (χ4v) is 3.26. The molecule has 2 aromatic rings. The number of phenolic OH excluding ortho intramolecular Hbond substituents is 1. The first kappa shape index (κ1) is 19.9. The van der Waals surface area contributed by atoms with Gasteiger partial charge in [-0.2, -0.15) is 0 Å². The summed E-state index contributed by atoms with van der Waals surface area (Å²) in [5.41, 5.74) is 1.17. The van der Waals surface area contributed by atoms with Crippen molar-refractivity contribution in [1.82, 2.24) is 4.90 Å². The molecule has 1 fully saturated rings. The molecular formula is C21H23NO6. The summed E-state index contributed by atoms with van der Waals surface area (Å²) < 4.78 is 11.2. The van der Waals surface area contributed by atoms with Gasteiger partial charge in [0.05, 0.1) is 38.0 Å². The Morgan fingerprint density at radius 1 is 1.25 bits per heavy atom. The molecule has 2 aromatic carbocycles. The van der Waals surface area contributed by atoms with Crippen LogP contribution in [-0.4, -0.2) is 59.7 Å². The van der Waals surface area contributed by atoms with E-state index in [0.29, 0.717) is 49.3 Å². The fourth-order valence-electron chi connectivity index (χ4n) is 3.26. The van der Waals surface area contributed by atoms with E-state index in [4.69, 9.17) is 9.47 Å². The number of hydrogen-bond donors (Lipinski definition) is 2. The van der Waals surface area contributed by atoms with Crippen molar-refractivity contribution in [2.75, 3.05) is 26.4 Å². The molecule has 1 amide bonds. The lowest BCUT2D eigenvalue weighted by molar-refractivity contribution is -0.00755. The molecule has 7 nitrogen and oxygen atoms in total. The molecule has 1 atom stereocenters. The summed E-state index contributed by atoms with van der Waals surface area (Å²) >= 11 is 0. The maximum atomic E-state index is 13.0. The van der Waals surface area contributed by atoms with Crippen molar-refractivity contribution < 1.29 is 29.3 Å². The van der Waals surface area contributed by atoms with Crippen LogP contribution in [0.5, 0.6) is 11.5 Å². The Labute approximate surface area is 163 Å². The van der Waals surface area contributed by atoms with E-state index in [2.05, 4.69) is 0 Å². The highest BCUT2D eigenvalue weighted by atomic mass is 16.5. The highest BCUT2D eigenvalue weighted by Gasteiger charge is 2.29. The average Bonchev–Trinajstić information content (AvgIpc) is 2.73. The van der Waals surface area contributed by atoms with Crippen molar-refractivity contribution in [3.05, 3.63) is 59.2 Å².